The quantitative estimate of drug-likeness (QED) is 0.668. The fourth-order valence-corrected chi connectivity index (χ4v) is 0.895. The van der Waals surface area contributed by atoms with Crippen LogP contribution in [0.15, 0.2) is 18.3 Å². The van der Waals surface area contributed by atoms with Crippen LogP contribution in [0.25, 0.3) is 0 Å². The minimum atomic E-state index is 0.380. The third-order valence-corrected chi connectivity index (χ3v) is 1.36. The molecule has 1 heterocycles. The van der Waals surface area contributed by atoms with Gasteiger partial charge in [-0.3, -0.25) is 0 Å². The fourth-order valence-electron chi connectivity index (χ4n) is 0.895. The summed E-state index contributed by atoms with van der Waals surface area (Å²) in [5, 5.41) is 3.17. The third kappa shape index (κ3) is 2.28. The first-order valence-corrected chi connectivity index (χ1v) is 3.91. The van der Waals surface area contributed by atoms with Crippen LogP contribution in [0, 0.1) is 12.3 Å². The highest BCUT2D eigenvalue weighted by Crippen LogP contribution is 2.06. The molecule has 1 aromatic rings. The van der Waals surface area contributed by atoms with E-state index in [9.17, 15) is 0 Å². The van der Waals surface area contributed by atoms with Gasteiger partial charge in [-0.2, -0.15) is 0 Å². The Balaban J connectivity index is 2.81. The van der Waals surface area contributed by atoms with E-state index in [-0.39, 0.29) is 0 Å². The Morgan fingerprint density at radius 3 is 2.92 bits per heavy atom. The molecular formula is C10H12N2. The van der Waals surface area contributed by atoms with Crippen molar-refractivity contribution in [3.8, 4) is 12.3 Å². The van der Waals surface area contributed by atoms with Crippen LogP contribution in [0.3, 0.4) is 0 Å². The maximum atomic E-state index is 5.24. The summed E-state index contributed by atoms with van der Waals surface area (Å²) >= 11 is 0. The number of hydrogen-bond donors (Lipinski definition) is 1. The Morgan fingerprint density at radius 1 is 1.58 bits per heavy atom. The highest BCUT2D eigenvalue weighted by atomic mass is 15.0. The average Bonchev–Trinajstić information content (AvgIpc) is 2.03. The topological polar surface area (TPSA) is 24.9 Å². The molecular weight excluding hydrogens is 148 g/mol. The van der Waals surface area contributed by atoms with E-state index in [1.165, 1.54) is 0 Å². The lowest BCUT2D eigenvalue weighted by Crippen LogP contribution is -2.10. The van der Waals surface area contributed by atoms with Crippen LogP contribution >= 0.6 is 0 Å². The third-order valence-electron chi connectivity index (χ3n) is 1.36. The van der Waals surface area contributed by atoms with Crippen molar-refractivity contribution in [2.75, 3.05) is 5.32 Å². The number of anilines is 1. The molecule has 2 heteroatoms. The van der Waals surface area contributed by atoms with Gasteiger partial charge in [-0.05, 0) is 26.0 Å². The van der Waals surface area contributed by atoms with Gasteiger partial charge in [-0.25, -0.2) is 4.98 Å². The molecule has 0 bridgehead atoms. The highest BCUT2D eigenvalue weighted by molar-refractivity contribution is 5.43. The van der Waals surface area contributed by atoms with Crippen molar-refractivity contribution in [3.63, 3.8) is 0 Å². The smallest absolute Gasteiger partial charge is 0.127 e. The first-order chi connectivity index (χ1) is 5.72. The second kappa shape index (κ2) is 3.77. The number of rotatable bonds is 2. The van der Waals surface area contributed by atoms with Crippen LogP contribution in [-0.2, 0) is 0 Å². The SMILES string of the molecule is C#Cc1ccnc(NC(C)C)c1. The fraction of sp³-hybridized carbons (Fsp3) is 0.300. The van der Waals surface area contributed by atoms with Gasteiger partial charge in [-0.1, -0.05) is 5.92 Å². The van der Waals surface area contributed by atoms with Gasteiger partial charge in [0, 0.05) is 17.8 Å². The lowest BCUT2D eigenvalue weighted by atomic mass is 10.2. The van der Waals surface area contributed by atoms with Crippen LogP contribution in [0.2, 0.25) is 0 Å². The van der Waals surface area contributed by atoms with Gasteiger partial charge in [0.1, 0.15) is 5.82 Å². The molecule has 1 aromatic heterocycles. The van der Waals surface area contributed by atoms with E-state index in [1.54, 1.807) is 6.20 Å². The van der Waals surface area contributed by atoms with E-state index in [4.69, 9.17) is 6.42 Å². The number of hydrogen-bond acceptors (Lipinski definition) is 2. The van der Waals surface area contributed by atoms with Crippen molar-refractivity contribution < 1.29 is 0 Å². The Labute approximate surface area is 73.0 Å². The number of aromatic nitrogens is 1. The zero-order valence-corrected chi connectivity index (χ0v) is 7.33. The maximum absolute atomic E-state index is 5.24. The molecule has 2 nitrogen and oxygen atoms in total. The van der Waals surface area contributed by atoms with Crippen LogP contribution in [0.5, 0.6) is 0 Å². The van der Waals surface area contributed by atoms with Gasteiger partial charge in [-0.15, -0.1) is 6.42 Å². The molecule has 0 spiro atoms. The molecule has 0 amide bonds. The van der Waals surface area contributed by atoms with E-state index in [2.05, 4.69) is 30.1 Å². The molecule has 0 aliphatic carbocycles. The molecule has 0 fully saturated rings. The van der Waals surface area contributed by atoms with E-state index in [0.29, 0.717) is 6.04 Å². The zero-order chi connectivity index (χ0) is 8.97. The van der Waals surface area contributed by atoms with Crippen molar-refractivity contribution in [1.29, 1.82) is 0 Å². The summed E-state index contributed by atoms with van der Waals surface area (Å²) in [6.45, 7) is 4.12. The first kappa shape index (κ1) is 8.61. The second-order valence-electron chi connectivity index (χ2n) is 2.87. The molecule has 1 rings (SSSR count). The largest absolute Gasteiger partial charge is 0.368 e. The van der Waals surface area contributed by atoms with Crippen molar-refractivity contribution >= 4 is 5.82 Å². The summed E-state index contributed by atoms with van der Waals surface area (Å²) in [6.07, 6.45) is 6.95. The second-order valence-corrected chi connectivity index (χ2v) is 2.87. The summed E-state index contributed by atoms with van der Waals surface area (Å²) in [6, 6.07) is 4.05. The minimum absolute atomic E-state index is 0.380. The summed E-state index contributed by atoms with van der Waals surface area (Å²) in [4.78, 5) is 4.12. The average molecular weight is 160 g/mol. The Hall–Kier alpha value is -1.49. The Morgan fingerprint density at radius 2 is 2.33 bits per heavy atom. The predicted octanol–water partition coefficient (Wildman–Crippen LogP) is 1.88. The normalized spacial score (nSPS) is 9.50. The number of pyridine rings is 1. The van der Waals surface area contributed by atoms with Gasteiger partial charge >= 0.3 is 0 Å². The molecule has 62 valence electrons. The Kier molecular flexibility index (Phi) is 2.71. The molecule has 0 unspecified atom stereocenters. The Bertz CT molecular complexity index is 297. The van der Waals surface area contributed by atoms with E-state index < -0.39 is 0 Å². The number of nitrogens with one attached hydrogen (secondary N) is 1. The van der Waals surface area contributed by atoms with Crippen molar-refractivity contribution in [2.24, 2.45) is 0 Å². The lowest BCUT2D eigenvalue weighted by molar-refractivity contribution is 0.889. The summed E-state index contributed by atoms with van der Waals surface area (Å²) in [5.74, 6) is 3.39. The molecule has 0 aliphatic rings. The van der Waals surface area contributed by atoms with Crippen LogP contribution in [0.1, 0.15) is 19.4 Å². The van der Waals surface area contributed by atoms with Gasteiger partial charge in [0.2, 0.25) is 0 Å². The van der Waals surface area contributed by atoms with E-state index in [0.717, 1.165) is 11.4 Å². The maximum Gasteiger partial charge on any atom is 0.127 e. The van der Waals surface area contributed by atoms with Gasteiger partial charge in [0.15, 0.2) is 0 Å². The molecule has 0 aliphatic heterocycles. The molecule has 0 saturated carbocycles. The van der Waals surface area contributed by atoms with E-state index >= 15 is 0 Å². The van der Waals surface area contributed by atoms with Crippen molar-refractivity contribution in [2.45, 2.75) is 19.9 Å². The standard InChI is InChI=1S/C10H12N2/c1-4-9-5-6-11-10(7-9)12-8(2)3/h1,5-8H,2-3H3,(H,11,12). The number of terminal acetylenes is 1. The predicted molar refractivity (Wildman–Crippen MR) is 50.9 cm³/mol. The van der Waals surface area contributed by atoms with Crippen LogP contribution in [-0.4, -0.2) is 11.0 Å². The van der Waals surface area contributed by atoms with Crippen LogP contribution in [0.4, 0.5) is 5.82 Å². The molecule has 0 atom stereocenters. The lowest BCUT2D eigenvalue weighted by Gasteiger charge is -2.08. The van der Waals surface area contributed by atoms with Crippen LogP contribution < -0.4 is 5.32 Å². The molecule has 12 heavy (non-hydrogen) atoms. The minimum Gasteiger partial charge on any atom is -0.368 e. The zero-order valence-electron chi connectivity index (χ0n) is 7.33. The van der Waals surface area contributed by atoms with Gasteiger partial charge in [0.25, 0.3) is 0 Å². The first-order valence-electron chi connectivity index (χ1n) is 3.91. The highest BCUT2D eigenvalue weighted by Gasteiger charge is 1.96. The summed E-state index contributed by atoms with van der Waals surface area (Å²) in [5.41, 5.74) is 0.855. The van der Waals surface area contributed by atoms with Gasteiger partial charge in [0.05, 0.1) is 0 Å². The van der Waals surface area contributed by atoms with E-state index in [1.807, 2.05) is 12.1 Å². The summed E-state index contributed by atoms with van der Waals surface area (Å²) in [7, 11) is 0. The van der Waals surface area contributed by atoms with Crippen molar-refractivity contribution in [1.82, 2.24) is 4.98 Å². The molecule has 0 radical (unpaired) electrons. The van der Waals surface area contributed by atoms with Gasteiger partial charge < -0.3 is 5.32 Å². The summed E-state index contributed by atoms with van der Waals surface area (Å²) < 4.78 is 0. The molecule has 1 N–H and O–H groups in total. The molecule has 0 aromatic carbocycles. The van der Waals surface area contributed by atoms with Crippen molar-refractivity contribution in [3.05, 3.63) is 23.9 Å². The number of nitrogens with zero attached hydrogens (tertiary/aromatic N) is 1. The monoisotopic (exact) mass is 160 g/mol. The molecule has 0 saturated heterocycles.